The van der Waals surface area contributed by atoms with Crippen LogP contribution in [-0.4, -0.2) is 9.97 Å². The van der Waals surface area contributed by atoms with E-state index in [0.717, 1.165) is 21.3 Å². The van der Waals surface area contributed by atoms with Gasteiger partial charge in [0.1, 0.15) is 11.5 Å². The van der Waals surface area contributed by atoms with Gasteiger partial charge in [-0.1, -0.05) is 36.4 Å². The Labute approximate surface area is 190 Å². The molecule has 4 nitrogen and oxygen atoms in total. The monoisotopic (exact) mass is 452 g/mol. The van der Waals surface area contributed by atoms with Crippen LogP contribution in [0.25, 0.3) is 63.3 Å². The van der Waals surface area contributed by atoms with Gasteiger partial charge in [0, 0.05) is 20.2 Å². The zero-order valence-corrected chi connectivity index (χ0v) is 18.9. The molecule has 0 saturated carbocycles. The Morgan fingerprint density at radius 3 is 1.44 bits per heavy atom. The first-order valence-corrected chi connectivity index (χ1v) is 11.9. The number of hydrogen-bond acceptors (Lipinski definition) is 6. The zero-order chi connectivity index (χ0) is 21.4. The molecular formula is C26H16N2O2S2. The molecule has 0 fully saturated rings. The summed E-state index contributed by atoms with van der Waals surface area (Å²) in [5.74, 6) is 3.03. The van der Waals surface area contributed by atoms with E-state index in [1.54, 1.807) is 35.1 Å². The Kier molecular flexibility index (Phi) is 3.69. The molecule has 4 aromatic heterocycles. The second-order valence-electron chi connectivity index (χ2n) is 8.00. The molecule has 0 bridgehead atoms. The van der Waals surface area contributed by atoms with Crippen molar-refractivity contribution in [2.75, 3.05) is 0 Å². The molecule has 4 heterocycles. The van der Waals surface area contributed by atoms with E-state index in [1.165, 1.54) is 41.7 Å². The largest absolute Gasteiger partial charge is 0.441 e. The van der Waals surface area contributed by atoms with Crippen LogP contribution < -0.4 is 0 Å². The molecule has 3 aromatic carbocycles. The van der Waals surface area contributed by atoms with E-state index < -0.39 is 0 Å². The number of aryl methyl sites for hydroxylation is 2. The Hall–Kier alpha value is -3.48. The minimum Gasteiger partial charge on any atom is -0.441 e. The summed E-state index contributed by atoms with van der Waals surface area (Å²) >= 11 is 3.47. The fourth-order valence-electron chi connectivity index (χ4n) is 4.36. The first-order valence-electron chi connectivity index (χ1n) is 10.3. The Morgan fingerprint density at radius 2 is 1.03 bits per heavy atom. The van der Waals surface area contributed by atoms with Crippen LogP contribution in [0.3, 0.4) is 0 Å². The second kappa shape index (κ2) is 6.51. The maximum atomic E-state index is 5.76. The summed E-state index contributed by atoms with van der Waals surface area (Å²) in [7, 11) is 0. The van der Waals surface area contributed by atoms with Gasteiger partial charge in [-0.05, 0) is 47.5 Å². The van der Waals surface area contributed by atoms with Crippen LogP contribution in [0, 0.1) is 13.8 Å². The highest BCUT2D eigenvalue weighted by molar-refractivity contribution is 7.23. The number of aromatic nitrogens is 2. The Morgan fingerprint density at radius 1 is 0.594 bits per heavy atom. The van der Waals surface area contributed by atoms with Gasteiger partial charge in [-0.3, -0.25) is 0 Å². The maximum Gasteiger partial charge on any atom is 0.236 e. The van der Waals surface area contributed by atoms with Crippen molar-refractivity contribution in [2.24, 2.45) is 0 Å². The summed E-state index contributed by atoms with van der Waals surface area (Å²) in [6, 6.07) is 17.7. The maximum absolute atomic E-state index is 5.76. The molecule has 6 heteroatoms. The lowest BCUT2D eigenvalue weighted by Crippen LogP contribution is -1.78. The zero-order valence-electron chi connectivity index (χ0n) is 17.3. The summed E-state index contributed by atoms with van der Waals surface area (Å²) in [5, 5.41) is 7.47. The number of benzene rings is 3. The third-order valence-electron chi connectivity index (χ3n) is 5.82. The van der Waals surface area contributed by atoms with Gasteiger partial charge in [-0.2, -0.15) is 0 Å². The number of rotatable bonds is 2. The van der Waals surface area contributed by atoms with Crippen molar-refractivity contribution in [3.8, 4) is 21.5 Å². The third-order valence-corrected chi connectivity index (χ3v) is 8.17. The van der Waals surface area contributed by atoms with Gasteiger partial charge in [0.15, 0.2) is 0 Å². The van der Waals surface area contributed by atoms with Crippen LogP contribution in [0.5, 0.6) is 0 Å². The lowest BCUT2D eigenvalue weighted by Gasteiger charge is -2.06. The molecule has 0 saturated heterocycles. The highest BCUT2D eigenvalue weighted by Gasteiger charge is 2.15. The van der Waals surface area contributed by atoms with E-state index >= 15 is 0 Å². The molecule has 0 aliphatic carbocycles. The van der Waals surface area contributed by atoms with Gasteiger partial charge in [0.2, 0.25) is 11.8 Å². The Balaban J connectivity index is 1.46. The summed E-state index contributed by atoms with van der Waals surface area (Å²) in [6.45, 7) is 3.84. The number of thiophene rings is 2. The van der Waals surface area contributed by atoms with E-state index in [9.17, 15) is 0 Å². The van der Waals surface area contributed by atoms with E-state index in [0.29, 0.717) is 11.8 Å². The number of oxazole rings is 2. The molecule has 0 spiro atoms. The van der Waals surface area contributed by atoms with Crippen LogP contribution in [0.1, 0.15) is 11.5 Å². The van der Waals surface area contributed by atoms with Crippen LogP contribution in [0.15, 0.2) is 69.8 Å². The van der Waals surface area contributed by atoms with Gasteiger partial charge in [-0.15, -0.1) is 22.7 Å². The molecule has 0 atom stereocenters. The molecule has 0 aliphatic heterocycles. The lowest BCUT2D eigenvalue weighted by atomic mass is 10.00. The van der Waals surface area contributed by atoms with E-state index in [1.807, 2.05) is 13.8 Å². The van der Waals surface area contributed by atoms with Crippen molar-refractivity contribution < 1.29 is 8.83 Å². The predicted octanol–water partition coefficient (Wildman–Crippen LogP) is 8.35. The van der Waals surface area contributed by atoms with Crippen molar-refractivity contribution in [3.05, 3.63) is 72.4 Å². The lowest BCUT2D eigenvalue weighted by molar-refractivity contribution is 0.543. The van der Waals surface area contributed by atoms with E-state index in [2.05, 4.69) is 58.5 Å². The minimum absolute atomic E-state index is 0.687. The van der Waals surface area contributed by atoms with E-state index in [-0.39, 0.29) is 0 Å². The molecule has 7 aromatic rings. The molecule has 0 aliphatic rings. The van der Waals surface area contributed by atoms with Crippen LogP contribution in [0.4, 0.5) is 0 Å². The van der Waals surface area contributed by atoms with Crippen LogP contribution >= 0.6 is 22.7 Å². The average Bonchev–Trinajstić information content (AvgIpc) is 3.57. The standard InChI is InChI=1S/C26H16N2O2S2/c1-13-11-27-25(29-13)21-9-15-3-5-17-18-6-4-16-10-22(26-28-12-14(2)30-26)32-24(16)20(18)8-7-19(17)23(15)31-21/h3-12H,1-2H3. The van der Waals surface area contributed by atoms with Gasteiger partial charge >= 0.3 is 0 Å². The quantitative estimate of drug-likeness (QED) is 0.247. The second-order valence-corrected chi connectivity index (χ2v) is 10.1. The van der Waals surface area contributed by atoms with Crippen molar-refractivity contribution in [1.29, 1.82) is 0 Å². The van der Waals surface area contributed by atoms with E-state index in [4.69, 9.17) is 8.83 Å². The first-order chi connectivity index (χ1) is 15.6. The summed E-state index contributed by atoms with van der Waals surface area (Å²) in [5.41, 5.74) is 0. The highest BCUT2D eigenvalue weighted by atomic mass is 32.1. The highest BCUT2D eigenvalue weighted by Crippen LogP contribution is 2.43. The molecule has 32 heavy (non-hydrogen) atoms. The molecular weight excluding hydrogens is 436 g/mol. The predicted molar refractivity (Wildman–Crippen MR) is 133 cm³/mol. The number of fused-ring (bicyclic) bond motifs is 7. The van der Waals surface area contributed by atoms with Crippen molar-refractivity contribution in [1.82, 2.24) is 9.97 Å². The van der Waals surface area contributed by atoms with Crippen LogP contribution in [-0.2, 0) is 0 Å². The molecule has 0 radical (unpaired) electrons. The molecule has 154 valence electrons. The molecule has 0 unspecified atom stereocenters. The van der Waals surface area contributed by atoms with Gasteiger partial charge in [0.25, 0.3) is 0 Å². The number of hydrogen-bond donors (Lipinski definition) is 0. The van der Waals surface area contributed by atoms with Gasteiger partial charge in [0.05, 0.1) is 22.1 Å². The third kappa shape index (κ3) is 2.60. The fraction of sp³-hybridized carbons (Fsp3) is 0.0769. The summed E-state index contributed by atoms with van der Waals surface area (Å²) < 4.78 is 14.0. The summed E-state index contributed by atoms with van der Waals surface area (Å²) in [6.07, 6.45) is 3.54. The average molecular weight is 453 g/mol. The first kappa shape index (κ1) is 18.1. The normalized spacial score (nSPS) is 12.1. The smallest absolute Gasteiger partial charge is 0.236 e. The van der Waals surface area contributed by atoms with Crippen molar-refractivity contribution >= 4 is 64.4 Å². The topological polar surface area (TPSA) is 52.1 Å². The molecule has 0 N–H and O–H groups in total. The van der Waals surface area contributed by atoms with Crippen molar-refractivity contribution in [2.45, 2.75) is 13.8 Å². The SMILES string of the molecule is Cc1cnc(-c2cc3ccc4c5ccc6cc(-c7ncc(C)o7)sc6c5ccc4c3s2)o1. The van der Waals surface area contributed by atoms with Gasteiger partial charge in [-0.25, -0.2) is 9.97 Å². The fourth-order valence-corrected chi connectivity index (χ4v) is 6.61. The Bertz CT molecular complexity index is 1680. The summed E-state index contributed by atoms with van der Waals surface area (Å²) in [4.78, 5) is 10.9. The molecule has 7 rings (SSSR count). The number of nitrogens with zero attached hydrogens (tertiary/aromatic N) is 2. The van der Waals surface area contributed by atoms with Crippen molar-refractivity contribution in [3.63, 3.8) is 0 Å². The van der Waals surface area contributed by atoms with Gasteiger partial charge < -0.3 is 8.83 Å². The van der Waals surface area contributed by atoms with Crippen LogP contribution in [0.2, 0.25) is 0 Å². The molecule has 0 amide bonds. The minimum atomic E-state index is 0.687.